The number of aromatic nitrogens is 1. The maximum Gasteiger partial charge on any atom is 0.154 e. The molecule has 0 saturated carbocycles. The standard InChI is InChI=1S/C15H25N3O2S/c1-4-5-16-9-14-10-17-12(2)8-15(14)18-6-7-21(19,20)11-13(18)3/h8,10,13,16H,4-7,9,11H2,1-3H3. The number of aryl methyl sites for hydroxylation is 1. The molecule has 1 aliphatic rings. The molecule has 5 nitrogen and oxygen atoms in total. The maximum atomic E-state index is 11.7. The van der Waals surface area contributed by atoms with Crippen molar-refractivity contribution in [1.29, 1.82) is 0 Å². The fourth-order valence-electron chi connectivity index (χ4n) is 2.73. The normalized spacial score (nSPS) is 21.5. The number of nitrogens with zero attached hydrogens (tertiary/aromatic N) is 2. The van der Waals surface area contributed by atoms with Crippen molar-refractivity contribution in [2.24, 2.45) is 0 Å². The van der Waals surface area contributed by atoms with Gasteiger partial charge in [0.2, 0.25) is 0 Å². The van der Waals surface area contributed by atoms with E-state index in [0.717, 1.165) is 36.5 Å². The van der Waals surface area contributed by atoms with Crippen molar-refractivity contribution in [3.63, 3.8) is 0 Å². The minimum absolute atomic E-state index is 0.00970. The molecular formula is C15H25N3O2S. The predicted octanol–water partition coefficient (Wildman–Crippen LogP) is 1.51. The third-order valence-electron chi connectivity index (χ3n) is 3.82. The summed E-state index contributed by atoms with van der Waals surface area (Å²) in [4.78, 5) is 6.59. The van der Waals surface area contributed by atoms with E-state index in [1.165, 1.54) is 0 Å². The molecule has 0 radical (unpaired) electrons. The summed E-state index contributed by atoms with van der Waals surface area (Å²) in [5, 5.41) is 3.40. The van der Waals surface area contributed by atoms with E-state index in [0.29, 0.717) is 6.54 Å². The van der Waals surface area contributed by atoms with Gasteiger partial charge in [0, 0.05) is 42.3 Å². The molecule has 0 spiro atoms. The molecule has 1 unspecified atom stereocenters. The first kappa shape index (κ1) is 16.2. The Balaban J connectivity index is 2.23. The fourth-order valence-corrected chi connectivity index (χ4v) is 4.29. The number of hydrogen-bond donors (Lipinski definition) is 1. The van der Waals surface area contributed by atoms with Gasteiger partial charge in [-0.25, -0.2) is 8.42 Å². The summed E-state index contributed by atoms with van der Waals surface area (Å²) in [6.07, 6.45) is 3.00. The number of pyridine rings is 1. The van der Waals surface area contributed by atoms with Crippen LogP contribution in [0.4, 0.5) is 5.69 Å². The molecule has 0 aliphatic carbocycles. The van der Waals surface area contributed by atoms with Crippen molar-refractivity contribution in [1.82, 2.24) is 10.3 Å². The monoisotopic (exact) mass is 311 g/mol. The molecule has 0 bridgehead atoms. The van der Waals surface area contributed by atoms with Crippen LogP contribution in [0.25, 0.3) is 0 Å². The average Bonchev–Trinajstić information content (AvgIpc) is 2.40. The SMILES string of the molecule is CCCNCc1cnc(C)cc1N1CCS(=O)(=O)CC1C. The van der Waals surface area contributed by atoms with Gasteiger partial charge in [0.25, 0.3) is 0 Å². The molecule has 118 valence electrons. The van der Waals surface area contributed by atoms with Crippen molar-refractivity contribution in [2.45, 2.75) is 39.8 Å². The molecule has 2 rings (SSSR count). The van der Waals surface area contributed by atoms with Gasteiger partial charge in [-0.2, -0.15) is 0 Å². The van der Waals surface area contributed by atoms with Gasteiger partial charge in [0.15, 0.2) is 9.84 Å². The molecule has 0 aromatic carbocycles. The van der Waals surface area contributed by atoms with Crippen LogP contribution in [0.2, 0.25) is 0 Å². The first-order chi connectivity index (χ1) is 9.93. The molecule has 0 amide bonds. The Hall–Kier alpha value is -1.14. The Morgan fingerprint density at radius 2 is 2.24 bits per heavy atom. The molecule has 1 atom stereocenters. The lowest BCUT2D eigenvalue weighted by Crippen LogP contribution is -2.47. The largest absolute Gasteiger partial charge is 0.366 e. The molecule has 1 N–H and O–H groups in total. The molecule has 2 heterocycles. The number of anilines is 1. The number of nitrogens with one attached hydrogen (secondary N) is 1. The summed E-state index contributed by atoms with van der Waals surface area (Å²) >= 11 is 0. The highest BCUT2D eigenvalue weighted by Gasteiger charge is 2.29. The van der Waals surface area contributed by atoms with Crippen LogP contribution in [0.15, 0.2) is 12.3 Å². The van der Waals surface area contributed by atoms with E-state index in [1.54, 1.807) is 0 Å². The predicted molar refractivity (Wildman–Crippen MR) is 86.4 cm³/mol. The third kappa shape index (κ3) is 4.17. The zero-order chi connectivity index (χ0) is 15.5. The van der Waals surface area contributed by atoms with E-state index in [4.69, 9.17) is 0 Å². The lowest BCUT2D eigenvalue weighted by atomic mass is 10.1. The van der Waals surface area contributed by atoms with Gasteiger partial charge in [0.05, 0.1) is 11.5 Å². The maximum absolute atomic E-state index is 11.7. The Kier molecular flexibility index (Phi) is 5.22. The van der Waals surface area contributed by atoms with Crippen LogP contribution in [-0.2, 0) is 16.4 Å². The Morgan fingerprint density at radius 3 is 2.90 bits per heavy atom. The van der Waals surface area contributed by atoms with Crippen LogP contribution in [0.3, 0.4) is 0 Å². The first-order valence-corrected chi connectivity index (χ1v) is 9.38. The van der Waals surface area contributed by atoms with Crippen molar-refractivity contribution in [2.75, 3.05) is 29.5 Å². The Bertz CT molecular complexity index is 587. The van der Waals surface area contributed by atoms with Crippen molar-refractivity contribution < 1.29 is 8.42 Å². The summed E-state index contributed by atoms with van der Waals surface area (Å²) in [6.45, 7) is 8.39. The second-order valence-electron chi connectivity index (χ2n) is 5.79. The van der Waals surface area contributed by atoms with E-state index in [-0.39, 0.29) is 17.5 Å². The van der Waals surface area contributed by atoms with E-state index < -0.39 is 9.84 Å². The van der Waals surface area contributed by atoms with Crippen LogP contribution in [0.1, 0.15) is 31.5 Å². The summed E-state index contributed by atoms with van der Waals surface area (Å²) < 4.78 is 23.5. The molecular weight excluding hydrogens is 286 g/mol. The Morgan fingerprint density at radius 1 is 1.48 bits per heavy atom. The highest BCUT2D eigenvalue weighted by Crippen LogP contribution is 2.26. The average molecular weight is 311 g/mol. The summed E-state index contributed by atoms with van der Waals surface area (Å²) in [5.41, 5.74) is 3.22. The van der Waals surface area contributed by atoms with Gasteiger partial charge >= 0.3 is 0 Å². The molecule has 6 heteroatoms. The van der Waals surface area contributed by atoms with E-state index >= 15 is 0 Å². The molecule has 1 aromatic rings. The van der Waals surface area contributed by atoms with Gasteiger partial charge in [-0.3, -0.25) is 4.98 Å². The zero-order valence-electron chi connectivity index (χ0n) is 13.1. The van der Waals surface area contributed by atoms with Crippen molar-refractivity contribution in [3.8, 4) is 0 Å². The van der Waals surface area contributed by atoms with Crippen molar-refractivity contribution >= 4 is 15.5 Å². The van der Waals surface area contributed by atoms with E-state index in [2.05, 4.69) is 28.2 Å². The third-order valence-corrected chi connectivity index (χ3v) is 5.62. The Labute approximate surface area is 127 Å². The lowest BCUT2D eigenvalue weighted by molar-refractivity contribution is 0.567. The summed E-state index contributed by atoms with van der Waals surface area (Å²) in [7, 11) is -2.89. The van der Waals surface area contributed by atoms with E-state index in [1.807, 2.05) is 20.0 Å². The lowest BCUT2D eigenvalue weighted by Gasteiger charge is -2.36. The van der Waals surface area contributed by atoms with Gasteiger partial charge in [-0.1, -0.05) is 6.92 Å². The highest BCUT2D eigenvalue weighted by atomic mass is 32.2. The minimum Gasteiger partial charge on any atom is -0.366 e. The van der Waals surface area contributed by atoms with Gasteiger partial charge in [-0.05, 0) is 32.9 Å². The highest BCUT2D eigenvalue weighted by molar-refractivity contribution is 7.91. The summed E-state index contributed by atoms with van der Waals surface area (Å²) in [6, 6.07) is 2.08. The molecule has 21 heavy (non-hydrogen) atoms. The summed E-state index contributed by atoms with van der Waals surface area (Å²) in [5.74, 6) is 0.469. The van der Waals surface area contributed by atoms with Crippen LogP contribution in [0.5, 0.6) is 0 Å². The molecule has 1 aliphatic heterocycles. The van der Waals surface area contributed by atoms with Crippen LogP contribution >= 0.6 is 0 Å². The number of hydrogen-bond acceptors (Lipinski definition) is 5. The van der Waals surface area contributed by atoms with Crippen molar-refractivity contribution in [3.05, 3.63) is 23.5 Å². The topological polar surface area (TPSA) is 62.3 Å². The fraction of sp³-hybridized carbons (Fsp3) is 0.667. The van der Waals surface area contributed by atoms with Crippen LogP contribution in [-0.4, -0.2) is 44.0 Å². The minimum atomic E-state index is -2.89. The van der Waals surface area contributed by atoms with E-state index in [9.17, 15) is 8.42 Å². The smallest absolute Gasteiger partial charge is 0.154 e. The van der Waals surface area contributed by atoms with Gasteiger partial charge < -0.3 is 10.2 Å². The number of sulfone groups is 1. The molecule has 1 fully saturated rings. The second kappa shape index (κ2) is 6.75. The molecule has 1 aromatic heterocycles. The number of rotatable bonds is 5. The first-order valence-electron chi connectivity index (χ1n) is 7.56. The van der Waals surface area contributed by atoms with Crippen LogP contribution < -0.4 is 10.2 Å². The second-order valence-corrected chi connectivity index (χ2v) is 8.02. The van der Waals surface area contributed by atoms with Crippen LogP contribution in [0, 0.1) is 6.92 Å². The quantitative estimate of drug-likeness (QED) is 0.835. The molecule has 1 saturated heterocycles. The van der Waals surface area contributed by atoms with Gasteiger partial charge in [0.1, 0.15) is 0 Å². The van der Waals surface area contributed by atoms with Gasteiger partial charge in [-0.15, -0.1) is 0 Å². The zero-order valence-corrected chi connectivity index (χ0v) is 13.9.